The second-order valence-electron chi connectivity index (χ2n) is 6.96. The second-order valence-corrected chi connectivity index (χ2v) is 6.96. The number of carbonyl (C=O) groups is 2. The fourth-order valence-electron chi connectivity index (χ4n) is 3.73. The molecule has 2 aliphatic rings. The van der Waals surface area contributed by atoms with Crippen molar-refractivity contribution in [1.82, 2.24) is 10.2 Å². The molecule has 5 heteroatoms. The average molecular weight is 330 g/mol. The number of amides is 2. The topological polar surface area (TPSA) is 69.6 Å². The van der Waals surface area contributed by atoms with Crippen LogP contribution in [0.25, 0.3) is 0 Å². The molecular weight excluding hydrogens is 304 g/mol. The van der Waals surface area contributed by atoms with Crippen molar-refractivity contribution in [2.24, 2.45) is 5.92 Å². The van der Waals surface area contributed by atoms with Crippen LogP contribution < -0.4 is 5.32 Å². The van der Waals surface area contributed by atoms with E-state index in [-0.39, 0.29) is 29.5 Å². The van der Waals surface area contributed by atoms with Crippen molar-refractivity contribution >= 4 is 11.8 Å². The molecular formula is C19H26N2O3. The van der Waals surface area contributed by atoms with Gasteiger partial charge >= 0.3 is 0 Å². The van der Waals surface area contributed by atoms with Crippen LogP contribution in [0.4, 0.5) is 0 Å². The summed E-state index contributed by atoms with van der Waals surface area (Å²) < 4.78 is 0. The first kappa shape index (κ1) is 16.8. The molecule has 0 atom stereocenters. The van der Waals surface area contributed by atoms with E-state index in [1.807, 2.05) is 0 Å². The molecule has 1 aromatic rings. The minimum atomic E-state index is -0.0528. The monoisotopic (exact) mass is 330 g/mol. The Morgan fingerprint density at radius 3 is 2.42 bits per heavy atom. The van der Waals surface area contributed by atoms with Gasteiger partial charge in [0.15, 0.2) is 0 Å². The highest BCUT2D eigenvalue weighted by atomic mass is 16.3. The Bertz CT molecular complexity index is 588. The Balaban J connectivity index is 1.48. The largest absolute Gasteiger partial charge is 0.508 e. The number of nitrogens with zero attached hydrogens (tertiary/aromatic N) is 1. The Labute approximate surface area is 143 Å². The third-order valence-corrected chi connectivity index (χ3v) is 5.20. The summed E-state index contributed by atoms with van der Waals surface area (Å²) in [6.45, 7) is 1.29. The Morgan fingerprint density at radius 2 is 1.75 bits per heavy atom. The molecule has 2 N–H and O–H groups in total. The van der Waals surface area contributed by atoms with Crippen LogP contribution in [0.1, 0.15) is 55.3 Å². The number of benzene rings is 1. The van der Waals surface area contributed by atoms with Gasteiger partial charge in [-0.25, -0.2) is 0 Å². The van der Waals surface area contributed by atoms with Crippen LogP contribution in [0.2, 0.25) is 0 Å². The van der Waals surface area contributed by atoms with Gasteiger partial charge < -0.3 is 15.3 Å². The molecule has 1 heterocycles. The van der Waals surface area contributed by atoms with E-state index in [4.69, 9.17) is 0 Å². The standard InChI is InChI=1S/C19H26N2O3/c22-17-8-4-7-15(13-17)19(24)21-11-9-16(10-12-21)20-18(23)14-5-2-1-3-6-14/h4,7-8,13-14,16,22H,1-3,5-6,9-12H2,(H,20,23). The summed E-state index contributed by atoms with van der Waals surface area (Å²) in [6.07, 6.45) is 7.19. The molecule has 1 saturated heterocycles. The van der Waals surface area contributed by atoms with Crippen LogP contribution >= 0.6 is 0 Å². The minimum absolute atomic E-state index is 0.0528. The summed E-state index contributed by atoms with van der Waals surface area (Å²) >= 11 is 0. The SMILES string of the molecule is O=C(NC1CCN(C(=O)c2cccc(O)c2)CC1)C1CCCCC1. The van der Waals surface area contributed by atoms with Gasteiger partial charge in [-0.2, -0.15) is 0 Å². The third kappa shape index (κ3) is 4.08. The van der Waals surface area contributed by atoms with E-state index >= 15 is 0 Å². The number of hydrogen-bond acceptors (Lipinski definition) is 3. The maximum absolute atomic E-state index is 12.5. The summed E-state index contributed by atoms with van der Waals surface area (Å²) in [5, 5.41) is 12.7. The Morgan fingerprint density at radius 1 is 1.04 bits per heavy atom. The lowest BCUT2D eigenvalue weighted by molar-refractivity contribution is -0.126. The van der Waals surface area contributed by atoms with Gasteiger partial charge in [-0.1, -0.05) is 25.3 Å². The van der Waals surface area contributed by atoms with Gasteiger partial charge in [-0.3, -0.25) is 9.59 Å². The van der Waals surface area contributed by atoms with Crippen LogP contribution in [0.15, 0.2) is 24.3 Å². The maximum Gasteiger partial charge on any atom is 0.253 e. The first-order valence-corrected chi connectivity index (χ1v) is 9.02. The molecule has 0 radical (unpaired) electrons. The maximum atomic E-state index is 12.5. The molecule has 1 saturated carbocycles. The molecule has 2 amide bonds. The molecule has 0 unspecified atom stereocenters. The highest BCUT2D eigenvalue weighted by molar-refractivity contribution is 5.94. The molecule has 0 spiro atoms. The van der Waals surface area contributed by atoms with Crippen LogP contribution in [0.5, 0.6) is 5.75 Å². The summed E-state index contributed by atoms with van der Waals surface area (Å²) in [5.41, 5.74) is 0.514. The number of phenolic OH excluding ortho intramolecular Hbond substituents is 1. The number of aromatic hydroxyl groups is 1. The van der Waals surface area contributed by atoms with Gasteiger partial charge in [0.2, 0.25) is 5.91 Å². The Hall–Kier alpha value is -2.04. The molecule has 24 heavy (non-hydrogen) atoms. The highest BCUT2D eigenvalue weighted by Crippen LogP contribution is 2.24. The molecule has 0 bridgehead atoms. The highest BCUT2D eigenvalue weighted by Gasteiger charge is 2.27. The van der Waals surface area contributed by atoms with Crippen molar-refractivity contribution in [3.05, 3.63) is 29.8 Å². The zero-order chi connectivity index (χ0) is 16.9. The van der Waals surface area contributed by atoms with E-state index in [0.29, 0.717) is 18.7 Å². The van der Waals surface area contributed by atoms with E-state index in [9.17, 15) is 14.7 Å². The van der Waals surface area contributed by atoms with Crippen molar-refractivity contribution in [2.75, 3.05) is 13.1 Å². The number of nitrogens with one attached hydrogen (secondary N) is 1. The number of carbonyl (C=O) groups excluding carboxylic acids is 2. The van der Waals surface area contributed by atoms with Gasteiger partial charge in [0.1, 0.15) is 5.75 Å². The summed E-state index contributed by atoms with van der Waals surface area (Å²) in [7, 11) is 0. The zero-order valence-electron chi connectivity index (χ0n) is 14.0. The van der Waals surface area contributed by atoms with Crippen molar-refractivity contribution in [3.8, 4) is 5.75 Å². The van der Waals surface area contributed by atoms with Crippen molar-refractivity contribution in [3.63, 3.8) is 0 Å². The minimum Gasteiger partial charge on any atom is -0.508 e. The number of piperidine rings is 1. The molecule has 1 aliphatic carbocycles. The molecule has 3 rings (SSSR count). The van der Waals surface area contributed by atoms with E-state index < -0.39 is 0 Å². The van der Waals surface area contributed by atoms with E-state index in [2.05, 4.69) is 5.32 Å². The molecule has 130 valence electrons. The molecule has 1 aromatic carbocycles. The lowest BCUT2D eigenvalue weighted by Crippen LogP contribution is -2.48. The van der Waals surface area contributed by atoms with E-state index in [1.54, 1.807) is 23.1 Å². The van der Waals surface area contributed by atoms with Crippen molar-refractivity contribution in [2.45, 2.75) is 51.0 Å². The Kier molecular flexibility index (Phi) is 5.38. The van der Waals surface area contributed by atoms with Gasteiger partial charge in [-0.05, 0) is 43.9 Å². The van der Waals surface area contributed by atoms with Crippen LogP contribution in [0.3, 0.4) is 0 Å². The third-order valence-electron chi connectivity index (χ3n) is 5.20. The quantitative estimate of drug-likeness (QED) is 0.895. The normalized spacial score (nSPS) is 19.9. The number of phenols is 1. The number of hydrogen-bond donors (Lipinski definition) is 2. The van der Waals surface area contributed by atoms with Crippen LogP contribution in [-0.4, -0.2) is 41.0 Å². The lowest BCUT2D eigenvalue weighted by Gasteiger charge is -2.33. The zero-order valence-corrected chi connectivity index (χ0v) is 14.0. The van der Waals surface area contributed by atoms with E-state index in [1.165, 1.54) is 12.5 Å². The first-order valence-electron chi connectivity index (χ1n) is 9.02. The van der Waals surface area contributed by atoms with Crippen molar-refractivity contribution < 1.29 is 14.7 Å². The molecule has 1 aliphatic heterocycles. The van der Waals surface area contributed by atoms with E-state index in [0.717, 1.165) is 38.5 Å². The average Bonchev–Trinajstić information content (AvgIpc) is 2.62. The molecule has 0 aromatic heterocycles. The first-order chi connectivity index (χ1) is 11.6. The van der Waals surface area contributed by atoms with Gasteiger partial charge in [0, 0.05) is 30.6 Å². The summed E-state index contributed by atoms with van der Waals surface area (Å²) in [6, 6.07) is 6.63. The predicted molar refractivity (Wildman–Crippen MR) is 91.8 cm³/mol. The van der Waals surface area contributed by atoms with Gasteiger partial charge in [0.25, 0.3) is 5.91 Å². The van der Waals surface area contributed by atoms with Crippen molar-refractivity contribution in [1.29, 1.82) is 0 Å². The van der Waals surface area contributed by atoms with Gasteiger partial charge in [0.05, 0.1) is 0 Å². The predicted octanol–water partition coefficient (Wildman–Crippen LogP) is 2.69. The molecule has 5 nitrogen and oxygen atoms in total. The fourth-order valence-corrected chi connectivity index (χ4v) is 3.73. The fraction of sp³-hybridized carbons (Fsp3) is 0.579. The molecule has 2 fully saturated rings. The number of likely N-dealkylation sites (tertiary alicyclic amines) is 1. The summed E-state index contributed by atoms with van der Waals surface area (Å²) in [4.78, 5) is 26.6. The number of rotatable bonds is 3. The van der Waals surface area contributed by atoms with Crippen LogP contribution in [0, 0.1) is 5.92 Å². The smallest absolute Gasteiger partial charge is 0.253 e. The summed E-state index contributed by atoms with van der Waals surface area (Å²) in [5.74, 6) is 0.441. The lowest BCUT2D eigenvalue weighted by atomic mass is 9.88. The van der Waals surface area contributed by atoms with Crippen LogP contribution in [-0.2, 0) is 4.79 Å². The second kappa shape index (κ2) is 7.69. The van der Waals surface area contributed by atoms with Gasteiger partial charge in [-0.15, -0.1) is 0 Å².